The van der Waals surface area contributed by atoms with Crippen LogP contribution in [-0.4, -0.2) is 71.9 Å². The van der Waals surface area contributed by atoms with Crippen molar-refractivity contribution in [3.8, 4) is 0 Å². The van der Waals surface area contributed by atoms with E-state index >= 15 is 0 Å². The summed E-state index contributed by atoms with van der Waals surface area (Å²) in [6.45, 7) is 14.5. The zero-order valence-corrected chi connectivity index (χ0v) is 19.5. The smallest absolute Gasteiger partial charge is 0.444 e. The Morgan fingerprint density at radius 2 is 1.52 bits per heavy atom. The van der Waals surface area contributed by atoms with E-state index in [1.165, 1.54) is 6.07 Å². The van der Waals surface area contributed by atoms with Crippen molar-refractivity contribution >= 4 is 24.6 Å². The molecule has 0 atom stereocenters. The molecule has 0 unspecified atom stereocenters. The number of hydrogen-bond acceptors (Lipinski definition) is 5. The number of piperazine rings is 1. The summed E-state index contributed by atoms with van der Waals surface area (Å²) in [5.74, 6) is -0.819. The fraction of sp³-hybridized carbons (Fsp3) is 0.636. The van der Waals surface area contributed by atoms with Crippen molar-refractivity contribution < 1.29 is 28.0 Å². The molecule has 2 heterocycles. The van der Waals surface area contributed by atoms with Gasteiger partial charge in [-0.15, -0.1) is 0 Å². The van der Waals surface area contributed by atoms with Crippen molar-refractivity contribution in [2.75, 3.05) is 26.2 Å². The second-order valence-electron chi connectivity index (χ2n) is 10.1. The first-order valence-electron chi connectivity index (χ1n) is 10.6. The lowest BCUT2D eigenvalue weighted by molar-refractivity contribution is 0.00578. The summed E-state index contributed by atoms with van der Waals surface area (Å²) in [6, 6.07) is 4.36. The van der Waals surface area contributed by atoms with Gasteiger partial charge in [0.25, 0.3) is 5.91 Å². The fourth-order valence-electron chi connectivity index (χ4n) is 3.42. The minimum Gasteiger partial charge on any atom is -0.444 e. The molecule has 7 nitrogen and oxygen atoms in total. The van der Waals surface area contributed by atoms with Gasteiger partial charge in [0.15, 0.2) is 0 Å². The summed E-state index contributed by atoms with van der Waals surface area (Å²) in [5.41, 5.74) is -1.20. The number of rotatable bonds is 2. The van der Waals surface area contributed by atoms with E-state index < -0.39 is 35.8 Å². The quantitative estimate of drug-likeness (QED) is 0.670. The molecule has 2 amide bonds. The van der Waals surface area contributed by atoms with Gasteiger partial charge in [-0.3, -0.25) is 4.79 Å². The molecule has 2 saturated heterocycles. The Kier molecular flexibility index (Phi) is 6.14. The summed E-state index contributed by atoms with van der Waals surface area (Å²) in [4.78, 5) is 28.2. The Bertz CT molecular complexity index is 844. The SMILES string of the molecule is CC(C)(C)OC(=O)N1CCN(C(=O)c2ccc(B3OC(C)(C)C(C)(C)O3)c(F)c2)CC1. The number of halogens is 1. The van der Waals surface area contributed by atoms with Crippen LogP contribution in [0.25, 0.3) is 0 Å². The normalized spacial score (nSPS) is 20.7. The number of amides is 2. The zero-order valence-electron chi connectivity index (χ0n) is 19.5. The Hall–Kier alpha value is -2.13. The van der Waals surface area contributed by atoms with Crippen LogP contribution < -0.4 is 5.46 Å². The van der Waals surface area contributed by atoms with Crippen molar-refractivity contribution in [2.45, 2.75) is 65.3 Å². The highest BCUT2D eigenvalue weighted by Crippen LogP contribution is 2.36. The number of hydrogen-bond donors (Lipinski definition) is 0. The summed E-state index contributed by atoms with van der Waals surface area (Å²) in [6.07, 6.45) is -0.391. The molecule has 0 N–H and O–H groups in total. The average molecular weight is 434 g/mol. The van der Waals surface area contributed by atoms with E-state index in [0.29, 0.717) is 26.2 Å². The summed E-state index contributed by atoms with van der Waals surface area (Å²) >= 11 is 0. The molecule has 31 heavy (non-hydrogen) atoms. The van der Waals surface area contributed by atoms with Crippen LogP contribution in [0, 0.1) is 5.82 Å². The molecule has 2 fully saturated rings. The predicted molar refractivity (Wildman–Crippen MR) is 116 cm³/mol. The number of carbonyl (C=O) groups is 2. The van der Waals surface area contributed by atoms with E-state index in [9.17, 15) is 14.0 Å². The largest absolute Gasteiger partial charge is 0.497 e. The van der Waals surface area contributed by atoms with E-state index in [1.807, 2.05) is 48.5 Å². The Labute approximate surface area is 184 Å². The number of ether oxygens (including phenoxy) is 1. The van der Waals surface area contributed by atoms with Crippen LogP contribution in [0.15, 0.2) is 18.2 Å². The van der Waals surface area contributed by atoms with Crippen LogP contribution in [0.5, 0.6) is 0 Å². The van der Waals surface area contributed by atoms with Crippen molar-refractivity contribution in [1.29, 1.82) is 0 Å². The highest BCUT2D eigenvalue weighted by Gasteiger charge is 2.52. The highest BCUT2D eigenvalue weighted by molar-refractivity contribution is 6.62. The lowest BCUT2D eigenvalue weighted by Crippen LogP contribution is -2.51. The van der Waals surface area contributed by atoms with Gasteiger partial charge in [0, 0.05) is 37.2 Å². The van der Waals surface area contributed by atoms with E-state index in [2.05, 4.69) is 0 Å². The first kappa shape index (κ1) is 23.5. The number of carbonyl (C=O) groups excluding carboxylic acids is 2. The molecule has 170 valence electrons. The molecule has 0 aromatic heterocycles. The summed E-state index contributed by atoms with van der Waals surface area (Å²) in [7, 11) is -0.827. The second kappa shape index (κ2) is 8.09. The van der Waals surface area contributed by atoms with Crippen molar-refractivity contribution in [1.82, 2.24) is 9.80 Å². The van der Waals surface area contributed by atoms with Gasteiger partial charge in [0.05, 0.1) is 11.2 Å². The molecule has 1 aromatic carbocycles. The van der Waals surface area contributed by atoms with Crippen LogP contribution in [0.3, 0.4) is 0 Å². The van der Waals surface area contributed by atoms with Gasteiger partial charge in [-0.2, -0.15) is 0 Å². The van der Waals surface area contributed by atoms with Gasteiger partial charge < -0.3 is 23.8 Å². The summed E-state index contributed by atoms with van der Waals surface area (Å²) < 4.78 is 32.1. The molecular weight excluding hydrogens is 402 g/mol. The molecule has 0 spiro atoms. The topological polar surface area (TPSA) is 68.3 Å². The highest BCUT2D eigenvalue weighted by atomic mass is 19.1. The lowest BCUT2D eigenvalue weighted by atomic mass is 9.78. The van der Waals surface area contributed by atoms with Crippen molar-refractivity contribution in [3.05, 3.63) is 29.6 Å². The fourth-order valence-corrected chi connectivity index (χ4v) is 3.42. The van der Waals surface area contributed by atoms with Crippen LogP contribution in [0.1, 0.15) is 58.8 Å². The molecular formula is C22H32BFN2O5. The second-order valence-corrected chi connectivity index (χ2v) is 10.1. The van der Waals surface area contributed by atoms with Crippen LogP contribution in [-0.2, 0) is 14.0 Å². The summed E-state index contributed by atoms with van der Waals surface area (Å²) in [5, 5.41) is 0. The first-order valence-corrected chi connectivity index (χ1v) is 10.6. The third-order valence-electron chi connectivity index (χ3n) is 5.97. The maximum absolute atomic E-state index is 14.9. The molecule has 0 aliphatic carbocycles. The Morgan fingerprint density at radius 3 is 2.00 bits per heavy atom. The molecule has 2 aliphatic heterocycles. The standard InChI is InChI=1S/C22H32BFN2O5/c1-20(2,3)29-19(28)26-12-10-25(11-13-26)18(27)15-8-9-16(17(24)14-15)23-30-21(4,5)22(6,7)31-23/h8-9,14H,10-13H2,1-7H3. The van der Waals surface area contributed by atoms with E-state index in [4.69, 9.17) is 14.0 Å². The molecule has 0 bridgehead atoms. The molecule has 9 heteroatoms. The maximum atomic E-state index is 14.9. The maximum Gasteiger partial charge on any atom is 0.497 e. The van der Waals surface area contributed by atoms with Gasteiger partial charge in [-0.1, -0.05) is 6.07 Å². The molecule has 0 saturated carbocycles. The van der Waals surface area contributed by atoms with Gasteiger partial charge in [0.1, 0.15) is 11.4 Å². The predicted octanol–water partition coefficient (Wildman–Crippen LogP) is 2.82. The van der Waals surface area contributed by atoms with E-state index in [0.717, 1.165) is 0 Å². The van der Waals surface area contributed by atoms with Crippen LogP contribution in [0.4, 0.5) is 9.18 Å². The van der Waals surface area contributed by atoms with Crippen LogP contribution >= 0.6 is 0 Å². The van der Waals surface area contributed by atoms with Gasteiger partial charge in [-0.05, 0) is 60.6 Å². The first-order chi connectivity index (χ1) is 14.2. The third-order valence-corrected chi connectivity index (χ3v) is 5.97. The molecule has 2 aliphatic rings. The molecule has 1 aromatic rings. The average Bonchev–Trinajstić information content (AvgIpc) is 2.87. The van der Waals surface area contributed by atoms with E-state index in [1.54, 1.807) is 21.9 Å². The van der Waals surface area contributed by atoms with E-state index in [-0.39, 0.29) is 16.9 Å². The minimum absolute atomic E-state index is 0.253. The third kappa shape index (κ3) is 5.04. The van der Waals surface area contributed by atoms with Gasteiger partial charge in [0.2, 0.25) is 0 Å². The lowest BCUT2D eigenvalue weighted by Gasteiger charge is -2.35. The minimum atomic E-state index is -0.827. The Balaban J connectivity index is 1.64. The van der Waals surface area contributed by atoms with Gasteiger partial charge in [-0.25, -0.2) is 9.18 Å². The zero-order chi connectivity index (χ0) is 23.2. The van der Waals surface area contributed by atoms with Gasteiger partial charge >= 0.3 is 13.2 Å². The molecule has 3 rings (SSSR count). The van der Waals surface area contributed by atoms with Crippen molar-refractivity contribution in [2.24, 2.45) is 0 Å². The molecule has 0 radical (unpaired) electrons. The van der Waals surface area contributed by atoms with Crippen LogP contribution in [0.2, 0.25) is 0 Å². The number of nitrogens with zero attached hydrogens (tertiary/aromatic N) is 2. The van der Waals surface area contributed by atoms with Crippen molar-refractivity contribution in [3.63, 3.8) is 0 Å². The monoisotopic (exact) mass is 434 g/mol. The Morgan fingerprint density at radius 1 is 1.00 bits per heavy atom. The number of benzene rings is 1.